The largest absolute Gasteiger partial charge is 0.381 e. The summed E-state index contributed by atoms with van der Waals surface area (Å²) < 4.78 is 52.6. The minimum absolute atomic E-state index is 0.118. The zero-order chi connectivity index (χ0) is 21.5. The number of nitrogens with zero attached hydrogens (tertiary/aromatic N) is 3. The Morgan fingerprint density at radius 1 is 1.13 bits per heavy atom. The van der Waals surface area contributed by atoms with Gasteiger partial charge in [0.25, 0.3) is 0 Å². The molecule has 1 saturated carbocycles. The number of benzene rings is 1. The standard InChI is InChI=1S/C22H28FN3O4S/c23-18-4-6-19(7-5-18)31(27,28)26-11-1-10-22(15-26,14-16-2-3-16)21-24-20(30-25-21)17-8-12-29-13-9-17/h4-7,16-17H,1-3,8-15H2. The van der Waals surface area contributed by atoms with Gasteiger partial charge in [0.15, 0.2) is 5.82 Å². The van der Waals surface area contributed by atoms with Gasteiger partial charge in [0, 0.05) is 37.6 Å². The number of ether oxygens (including phenoxy) is 1. The van der Waals surface area contributed by atoms with E-state index in [0.29, 0.717) is 43.9 Å². The fourth-order valence-corrected chi connectivity index (χ4v) is 6.49. The molecule has 5 rings (SSSR count). The summed E-state index contributed by atoms with van der Waals surface area (Å²) >= 11 is 0. The Kier molecular flexibility index (Phi) is 5.60. The van der Waals surface area contributed by atoms with Crippen molar-refractivity contribution in [2.75, 3.05) is 26.3 Å². The van der Waals surface area contributed by atoms with E-state index in [1.54, 1.807) is 0 Å². The molecule has 3 aliphatic rings. The lowest BCUT2D eigenvalue weighted by Gasteiger charge is -2.40. The van der Waals surface area contributed by atoms with Crippen molar-refractivity contribution >= 4 is 10.0 Å². The SMILES string of the molecule is O=S(=O)(c1ccc(F)cc1)N1CCCC(CC2CC2)(c2noc(C3CCOCC3)n2)C1. The third-order valence-corrected chi connectivity index (χ3v) is 8.72. The van der Waals surface area contributed by atoms with Gasteiger partial charge >= 0.3 is 0 Å². The van der Waals surface area contributed by atoms with Crippen molar-refractivity contribution in [1.82, 2.24) is 14.4 Å². The van der Waals surface area contributed by atoms with Gasteiger partial charge in [0.2, 0.25) is 15.9 Å². The van der Waals surface area contributed by atoms with E-state index in [-0.39, 0.29) is 10.8 Å². The molecule has 2 aromatic rings. The van der Waals surface area contributed by atoms with Crippen LogP contribution in [0.5, 0.6) is 0 Å². The van der Waals surface area contributed by atoms with E-state index in [2.05, 4.69) is 5.16 Å². The lowest BCUT2D eigenvalue weighted by atomic mass is 9.75. The topological polar surface area (TPSA) is 85.5 Å². The molecule has 1 aliphatic carbocycles. The molecule has 31 heavy (non-hydrogen) atoms. The summed E-state index contributed by atoms with van der Waals surface area (Å²) in [4.78, 5) is 4.92. The van der Waals surface area contributed by atoms with Gasteiger partial charge in [-0.1, -0.05) is 18.0 Å². The van der Waals surface area contributed by atoms with Gasteiger partial charge in [-0.2, -0.15) is 9.29 Å². The number of hydrogen-bond acceptors (Lipinski definition) is 6. The number of sulfonamides is 1. The molecule has 1 aromatic heterocycles. The van der Waals surface area contributed by atoms with Crippen molar-refractivity contribution in [3.8, 4) is 0 Å². The fraction of sp³-hybridized carbons (Fsp3) is 0.636. The van der Waals surface area contributed by atoms with Crippen LogP contribution >= 0.6 is 0 Å². The highest BCUT2D eigenvalue weighted by molar-refractivity contribution is 7.89. The van der Waals surface area contributed by atoms with E-state index in [1.807, 2.05) is 0 Å². The molecule has 0 amide bonds. The van der Waals surface area contributed by atoms with Crippen LogP contribution in [-0.4, -0.2) is 49.2 Å². The van der Waals surface area contributed by atoms with Gasteiger partial charge < -0.3 is 9.26 Å². The maximum atomic E-state index is 13.3. The van der Waals surface area contributed by atoms with Crippen LogP contribution in [0.1, 0.15) is 62.6 Å². The summed E-state index contributed by atoms with van der Waals surface area (Å²) in [6, 6.07) is 5.04. The summed E-state index contributed by atoms with van der Waals surface area (Å²) in [6.07, 6.45) is 6.49. The third-order valence-electron chi connectivity index (χ3n) is 6.86. The Hall–Kier alpha value is -1.84. The summed E-state index contributed by atoms with van der Waals surface area (Å²) in [5.41, 5.74) is -0.445. The molecule has 0 bridgehead atoms. The molecule has 2 aliphatic heterocycles. The van der Waals surface area contributed by atoms with Crippen LogP contribution in [0.4, 0.5) is 4.39 Å². The Morgan fingerprint density at radius 2 is 1.87 bits per heavy atom. The van der Waals surface area contributed by atoms with Crippen molar-refractivity contribution in [3.63, 3.8) is 0 Å². The second-order valence-electron chi connectivity index (χ2n) is 9.17. The Morgan fingerprint density at radius 3 is 2.58 bits per heavy atom. The van der Waals surface area contributed by atoms with Gasteiger partial charge in [0.1, 0.15) is 5.82 Å². The number of hydrogen-bond donors (Lipinski definition) is 0. The van der Waals surface area contributed by atoms with E-state index in [9.17, 15) is 12.8 Å². The minimum Gasteiger partial charge on any atom is -0.381 e. The number of aromatic nitrogens is 2. The summed E-state index contributed by atoms with van der Waals surface area (Å²) in [6.45, 7) is 2.16. The zero-order valence-corrected chi connectivity index (χ0v) is 18.3. The highest BCUT2D eigenvalue weighted by atomic mass is 32.2. The molecular formula is C22H28FN3O4S. The van der Waals surface area contributed by atoms with Crippen LogP contribution in [-0.2, 0) is 20.2 Å². The molecule has 0 spiro atoms. The first kappa shape index (κ1) is 21.0. The Bertz CT molecular complexity index is 1020. The van der Waals surface area contributed by atoms with Gasteiger partial charge in [-0.05, 0) is 62.3 Å². The van der Waals surface area contributed by atoms with Gasteiger partial charge in [-0.15, -0.1) is 0 Å². The molecule has 3 heterocycles. The summed E-state index contributed by atoms with van der Waals surface area (Å²) in [5.74, 6) is 1.62. The monoisotopic (exact) mass is 449 g/mol. The van der Waals surface area contributed by atoms with Crippen molar-refractivity contribution in [2.45, 2.75) is 61.2 Å². The molecule has 0 N–H and O–H groups in total. The van der Waals surface area contributed by atoms with E-state index >= 15 is 0 Å². The lowest BCUT2D eigenvalue weighted by Crippen LogP contribution is -2.49. The first-order valence-corrected chi connectivity index (χ1v) is 12.6. The first-order chi connectivity index (χ1) is 15.0. The van der Waals surface area contributed by atoms with E-state index < -0.39 is 21.3 Å². The summed E-state index contributed by atoms with van der Waals surface area (Å²) in [7, 11) is -3.72. The maximum Gasteiger partial charge on any atom is 0.243 e. The molecule has 168 valence electrons. The Balaban J connectivity index is 1.44. The lowest BCUT2D eigenvalue weighted by molar-refractivity contribution is 0.0778. The molecule has 1 aromatic carbocycles. The number of rotatable bonds is 6. The van der Waals surface area contributed by atoms with Gasteiger partial charge in [-0.25, -0.2) is 12.8 Å². The average molecular weight is 450 g/mol. The summed E-state index contributed by atoms with van der Waals surface area (Å²) in [5, 5.41) is 4.37. The predicted octanol–water partition coefficient (Wildman–Crippen LogP) is 3.63. The Labute approximate surface area is 182 Å². The predicted molar refractivity (Wildman–Crippen MR) is 111 cm³/mol. The molecule has 7 nitrogen and oxygen atoms in total. The fourth-order valence-electron chi connectivity index (χ4n) is 4.93. The zero-order valence-electron chi connectivity index (χ0n) is 17.5. The molecule has 3 fully saturated rings. The van der Waals surface area contributed by atoms with Crippen molar-refractivity contribution in [3.05, 3.63) is 41.8 Å². The van der Waals surface area contributed by atoms with Crippen LogP contribution in [0.25, 0.3) is 0 Å². The number of piperidine rings is 1. The van der Waals surface area contributed by atoms with E-state index in [0.717, 1.165) is 44.9 Å². The van der Waals surface area contributed by atoms with Crippen molar-refractivity contribution < 1.29 is 22.1 Å². The third kappa shape index (κ3) is 4.27. The van der Waals surface area contributed by atoms with Gasteiger partial charge in [-0.3, -0.25) is 0 Å². The smallest absolute Gasteiger partial charge is 0.243 e. The minimum atomic E-state index is -3.72. The van der Waals surface area contributed by atoms with Crippen molar-refractivity contribution in [2.24, 2.45) is 5.92 Å². The van der Waals surface area contributed by atoms with Gasteiger partial charge in [0.05, 0.1) is 4.90 Å². The van der Waals surface area contributed by atoms with Crippen LogP contribution in [0, 0.1) is 11.7 Å². The molecule has 2 saturated heterocycles. The number of halogens is 1. The molecule has 1 atom stereocenters. The van der Waals surface area contributed by atoms with Crippen LogP contribution in [0.3, 0.4) is 0 Å². The second-order valence-corrected chi connectivity index (χ2v) is 11.1. The van der Waals surface area contributed by atoms with Crippen molar-refractivity contribution in [1.29, 1.82) is 0 Å². The quantitative estimate of drug-likeness (QED) is 0.670. The average Bonchev–Trinajstić information content (AvgIpc) is 3.45. The highest BCUT2D eigenvalue weighted by Crippen LogP contribution is 2.46. The second kappa shape index (κ2) is 8.26. The van der Waals surface area contributed by atoms with Crippen LogP contribution in [0.2, 0.25) is 0 Å². The van der Waals surface area contributed by atoms with E-state index in [4.69, 9.17) is 14.2 Å². The highest BCUT2D eigenvalue weighted by Gasteiger charge is 2.47. The maximum absolute atomic E-state index is 13.3. The molecular weight excluding hydrogens is 421 g/mol. The normalized spacial score (nSPS) is 26.2. The first-order valence-electron chi connectivity index (χ1n) is 11.1. The molecule has 9 heteroatoms. The van der Waals surface area contributed by atoms with Crippen LogP contribution < -0.4 is 0 Å². The molecule has 1 unspecified atom stereocenters. The van der Waals surface area contributed by atoms with E-state index in [1.165, 1.54) is 28.6 Å². The molecule has 0 radical (unpaired) electrons. The van der Waals surface area contributed by atoms with Crippen LogP contribution in [0.15, 0.2) is 33.7 Å².